The van der Waals surface area contributed by atoms with Crippen LogP contribution in [0.3, 0.4) is 0 Å². The van der Waals surface area contributed by atoms with Crippen molar-refractivity contribution in [2.75, 3.05) is 30.9 Å². The van der Waals surface area contributed by atoms with Gasteiger partial charge in [-0.25, -0.2) is 9.97 Å². The van der Waals surface area contributed by atoms with Gasteiger partial charge in [0.1, 0.15) is 10.8 Å². The summed E-state index contributed by atoms with van der Waals surface area (Å²) in [5.74, 6) is 3.47. The van der Waals surface area contributed by atoms with Crippen molar-refractivity contribution in [3.05, 3.63) is 64.2 Å². The second kappa shape index (κ2) is 11.0. The van der Waals surface area contributed by atoms with Gasteiger partial charge in [-0.2, -0.15) is 4.98 Å². The average molecular weight is 480 g/mol. The number of aromatic nitrogens is 3. The summed E-state index contributed by atoms with van der Waals surface area (Å²) < 4.78 is 5.18. The van der Waals surface area contributed by atoms with Gasteiger partial charge in [0, 0.05) is 42.5 Å². The van der Waals surface area contributed by atoms with E-state index in [1.165, 1.54) is 5.57 Å². The van der Waals surface area contributed by atoms with Crippen LogP contribution in [0.4, 0.5) is 17.5 Å². The fourth-order valence-corrected chi connectivity index (χ4v) is 4.42. The Bertz CT molecular complexity index is 1180. The van der Waals surface area contributed by atoms with E-state index in [4.69, 9.17) is 26.3 Å². The first kappa shape index (κ1) is 23.5. The third-order valence-corrected chi connectivity index (χ3v) is 6.66. The van der Waals surface area contributed by atoms with Crippen molar-refractivity contribution in [2.45, 2.75) is 26.5 Å². The first-order chi connectivity index (χ1) is 16.0. The number of anilines is 3. The Hall–Kier alpha value is -2.68. The smallest absolute Gasteiger partial charge is 0.229 e. The molecule has 3 aromatic rings. The summed E-state index contributed by atoms with van der Waals surface area (Å²) in [6.07, 6.45) is 8.14. The minimum Gasteiger partial charge on any atom is -0.385 e. The largest absolute Gasteiger partial charge is 0.385 e. The summed E-state index contributed by atoms with van der Waals surface area (Å²) in [7, 11) is 1.71. The quantitative estimate of drug-likeness (QED) is 0.274. The van der Waals surface area contributed by atoms with Gasteiger partial charge < -0.3 is 15.4 Å². The molecule has 0 saturated carbocycles. The molecule has 1 aliphatic rings. The molecule has 33 heavy (non-hydrogen) atoms. The van der Waals surface area contributed by atoms with Gasteiger partial charge in [0.15, 0.2) is 6.71 Å². The maximum atomic E-state index is 6.27. The van der Waals surface area contributed by atoms with E-state index in [2.05, 4.69) is 45.9 Å². The monoisotopic (exact) mass is 479 g/mol. The van der Waals surface area contributed by atoms with Crippen LogP contribution in [0, 0.1) is 6.92 Å². The molecule has 9 heteroatoms. The maximum Gasteiger partial charge on any atom is 0.229 e. The van der Waals surface area contributed by atoms with E-state index in [1.807, 2.05) is 31.3 Å². The van der Waals surface area contributed by atoms with E-state index in [-0.39, 0.29) is 0 Å². The van der Waals surface area contributed by atoms with Crippen LogP contribution in [0.1, 0.15) is 17.7 Å². The summed E-state index contributed by atoms with van der Waals surface area (Å²) in [6, 6.07) is 5.80. The molecule has 170 valence electrons. The molecule has 0 amide bonds. The fourth-order valence-electron chi connectivity index (χ4n) is 3.40. The number of allylic oxidation sites excluding steroid dienone is 3. The average Bonchev–Trinajstić information content (AvgIpc) is 3.30. The predicted molar refractivity (Wildman–Crippen MR) is 141 cm³/mol. The highest BCUT2D eigenvalue weighted by Gasteiger charge is 2.16. The number of halogens is 1. The lowest BCUT2D eigenvalue weighted by atomic mass is 9.48. The van der Waals surface area contributed by atoms with Crippen molar-refractivity contribution in [1.82, 2.24) is 15.0 Å². The highest BCUT2D eigenvalue weighted by molar-refractivity contribution is 7.13. The number of thiazole rings is 1. The van der Waals surface area contributed by atoms with Crippen molar-refractivity contribution >= 4 is 52.7 Å². The number of hydrogen-bond donors (Lipinski definition) is 2. The third kappa shape index (κ3) is 6.02. The van der Waals surface area contributed by atoms with E-state index in [9.17, 15) is 0 Å². The Morgan fingerprint density at radius 3 is 2.91 bits per heavy atom. The van der Waals surface area contributed by atoms with Crippen molar-refractivity contribution in [3.8, 4) is 10.6 Å². The van der Waals surface area contributed by atoms with Gasteiger partial charge in [-0.1, -0.05) is 43.0 Å². The number of hydrogen-bond acceptors (Lipinski definition) is 7. The lowest BCUT2D eigenvalue weighted by Crippen LogP contribution is -2.09. The van der Waals surface area contributed by atoms with Crippen LogP contribution in [0.2, 0.25) is 18.2 Å². The first-order valence-corrected chi connectivity index (χ1v) is 12.3. The minimum atomic E-state index is 0.497. The molecule has 2 N–H and O–H groups in total. The Kier molecular flexibility index (Phi) is 7.80. The van der Waals surface area contributed by atoms with Crippen LogP contribution in [0.5, 0.6) is 0 Å². The number of nitrogens with one attached hydrogen (secondary N) is 2. The molecular weight excluding hydrogens is 453 g/mol. The van der Waals surface area contributed by atoms with Crippen LogP contribution in [0.15, 0.2) is 47.9 Å². The molecule has 0 spiro atoms. The zero-order valence-electron chi connectivity index (χ0n) is 19.1. The molecule has 1 aliphatic heterocycles. The summed E-state index contributed by atoms with van der Waals surface area (Å²) >= 11 is 7.87. The zero-order valence-corrected chi connectivity index (χ0v) is 20.6. The van der Waals surface area contributed by atoms with Gasteiger partial charge in [-0.3, -0.25) is 0 Å². The van der Waals surface area contributed by atoms with Gasteiger partial charge in [-0.05, 0) is 36.6 Å². The normalized spacial score (nSPS) is 13.2. The van der Waals surface area contributed by atoms with Gasteiger partial charge in [0.05, 0.1) is 11.3 Å². The van der Waals surface area contributed by atoms with Gasteiger partial charge in [0.2, 0.25) is 5.95 Å². The predicted octanol–water partition coefficient (Wildman–Crippen LogP) is 6.37. The Balaban J connectivity index is 1.60. The van der Waals surface area contributed by atoms with Crippen LogP contribution in [0.25, 0.3) is 16.1 Å². The first-order valence-electron chi connectivity index (χ1n) is 11.0. The second-order valence-corrected chi connectivity index (χ2v) is 9.35. The van der Waals surface area contributed by atoms with Gasteiger partial charge >= 0.3 is 0 Å². The zero-order chi connectivity index (χ0) is 23.2. The Morgan fingerprint density at radius 2 is 2.15 bits per heavy atom. The number of ether oxygens (including phenoxy) is 1. The lowest BCUT2D eigenvalue weighted by molar-refractivity contribution is 0.198. The molecule has 0 fully saturated rings. The fraction of sp³-hybridized carbons (Fsp3) is 0.292. The number of rotatable bonds is 9. The van der Waals surface area contributed by atoms with Crippen molar-refractivity contribution in [2.24, 2.45) is 0 Å². The van der Waals surface area contributed by atoms with Crippen molar-refractivity contribution in [3.63, 3.8) is 0 Å². The van der Waals surface area contributed by atoms with E-state index in [1.54, 1.807) is 18.4 Å². The molecule has 3 heterocycles. The minimum absolute atomic E-state index is 0.497. The molecular formula is C24H27BClN5OS. The van der Waals surface area contributed by atoms with Crippen molar-refractivity contribution < 1.29 is 4.74 Å². The van der Waals surface area contributed by atoms with E-state index >= 15 is 0 Å². The number of benzene rings is 1. The molecule has 0 atom stereocenters. The molecule has 0 bridgehead atoms. The van der Waals surface area contributed by atoms with Crippen LogP contribution >= 0.6 is 22.9 Å². The molecule has 0 aliphatic carbocycles. The SMILES string of the molecule is COCCCNc1nc(Nc2ccc(C)c(Cl)c2)ncc1-c1nc(C2=CCB(C)C=C2)cs1. The van der Waals surface area contributed by atoms with E-state index in [0.29, 0.717) is 24.3 Å². The third-order valence-electron chi connectivity index (χ3n) is 5.38. The van der Waals surface area contributed by atoms with Crippen LogP contribution in [-0.4, -0.2) is 41.9 Å². The molecule has 4 rings (SSSR count). The Labute approximate surface area is 204 Å². The molecule has 2 aromatic heterocycles. The Morgan fingerprint density at radius 1 is 1.27 bits per heavy atom. The van der Waals surface area contributed by atoms with Crippen LogP contribution < -0.4 is 10.6 Å². The van der Waals surface area contributed by atoms with E-state index in [0.717, 1.165) is 52.6 Å². The molecule has 0 saturated heterocycles. The topological polar surface area (TPSA) is 72.0 Å². The molecule has 1 aromatic carbocycles. The standard InChI is InChI=1S/C24H27BClN5OS/c1-16-5-6-18(13-20(16)26)29-24-28-14-19(22(31-24)27-11-4-12-32-3)23-30-21(15-33-23)17-7-9-25(2)10-8-17/h5-9,13-15H,4,10-12H2,1-3H3,(H2,27,28,29,31). The molecule has 0 radical (unpaired) electrons. The highest BCUT2D eigenvalue weighted by atomic mass is 35.5. The molecule has 0 unspecified atom stereocenters. The molecule has 6 nitrogen and oxygen atoms in total. The highest BCUT2D eigenvalue weighted by Crippen LogP contribution is 2.33. The van der Waals surface area contributed by atoms with E-state index < -0.39 is 0 Å². The maximum absolute atomic E-state index is 6.27. The summed E-state index contributed by atoms with van der Waals surface area (Å²) in [6.45, 7) is 6.18. The summed E-state index contributed by atoms with van der Waals surface area (Å²) in [4.78, 5) is 14.2. The number of nitrogens with zero attached hydrogens (tertiary/aromatic N) is 3. The summed E-state index contributed by atoms with van der Waals surface area (Å²) in [5.41, 5.74) is 4.90. The summed E-state index contributed by atoms with van der Waals surface area (Å²) in [5, 5.41) is 10.4. The van der Waals surface area contributed by atoms with Gasteiger partial charge in [0.25, 0.3) is 0 Å². The number of aryl methyl sites for hydroxylation is 1. The van der Waals surface area contributed by atoms with Gasteiger partial charge in [-0.15, -0.1) is 17.3 Å². The number of methoxy groups -OCH3 is 1. The van der Waals surface area contributed by atoms with Crippen molar-refractivity contribution in [1.29, 1.82) is 0 Å². The second-order valence-electron chi connectivity index (χ2n) is 8.09. The van der Waals surface area contributed by atoms with Crippen LogP contribution in [-0.2, 0) is 4.74 Å². The lowest BCUT2D eigenvalue weighted by Gasteiger charge is -2.12.